The van der Waals surface area contributed by atoms with Crippen molar-refractivity contribution in [1.29, 1.82) is 0 Å². The van der Waals surface area contributed by atoms with Crippen LogP contribution in [0.3, 0.4) is 0 Å². The van der Waals surface area contributed by atoms with E-state index in [4.69, 9.17) is 0 Å². The molecule has 1 aliphatic carbocycles. The van der Waals surface area contributed by atoms with E-state index in [2.05, 4.69) is 20.2 Å². The molecule has 0 radical (unpaired) electrons. The first-order valence-corrected chi connectivity index (χ1v) is 6.64. The summed E-state index contributed by atoms with van der Waals surface area (Å²) in [6.07, 6.45) is 10.8. The number of nitrogens with one attached hydrogen (secondary N) is 1. The van der Waals surface area contributed by atoms with E-state index in [1.807, 2.05) is 6.20 Å². The number of hydrogen-bond donors (Lipinski definition) is 1. The van der Waals surface area contributed by atoms with Gasteiger partial charge >= 0.3 is 0 Å². The summed E-state index contributed by atoms with van der Waals surface area (Å²) >= 11 is 0. The monoisotopic (exact) mass is 232 g/mol. The molecule has 0 amide bonds. The highest BCUT2D eigenvalue weighted by molar-refractivity contribution is 4.98. The third kappa shape index (κ3) is 3.01. The van der Waals surface area contributed by atoms with Crippen LogP contribution in [-0.4, -0.2) is 40.0 Å². The van der Waals surface area contributed by atoms with Crippen molar-refractivity contribution in [2.45, 2.75) is 44.3 Å². The third-order valence-electron chi connectivity index (χ3n) is 3.66. The normalized spacial score (nSPS) is 24.4. The van der Waals surface area contributed by atoms with Gasteiger partial charge in [-0.3, -0.25) is 14.9 Å². The fraction of sp³-hybridized carbons (Fsp3) is 0.692. The minimum Gasteiger partial charge on any atom is -0.313 e. The fourth-order valence-electron chi connectivity index (χ4n) is 2.60. The van der Waals surface area contributed by atoms with E-state index < -0.39 is 0 Å². The van der Waals surface area contributed by atoms with E-state index in [0.29, 0.717) is 6.04 Å². The smallest absolute Gasteiger partial charge is 0.0726 e. The predicted molar refractivity (Wildman–Crippen MR) is 66.5 cm³/mol. The Morgan fingerprint density at radius 2 is 2.24 bits per heavy atom. The third-order valence-corrected chi connectivity index (χ3v) is 3.66. The Morgan fingerprint density at radius 3 is 2.88 bits per heavy atom. The van der Waals surface area contributed by atoms with Gasteiger partial charge in [-0.15, -0.1) is 0 Å². The maximum absolute atomic E-state index is 4.38. The van der Waals surface area contributed by atoms with Crippen LogP contribution in [-0.2, 0) is 6.54 Å². The Bertz CT molecular complexity index is 344. The van der Waals surface area contributed by atoms with Gasteiger partial charge in [-0.25, -0.2) is 0 Å². The molecular weight excluding hydrogens is 212 g/mol. The highest BCUT2D eigenvalue weighted by Gasteiger charge is 2.31. The predicted octanol–water partition coefficient (Wildman–Crippen LogP) is 1.19. The van der Waals surface area contributed by atoms with E-state index >= 15 is 0 Å². The van der Waals surface area contributed by atoms with Crippen LogP contribution in [0.2, 0.25) is 0 Å². The second-order valence-electron chi connectivity index (χ2n) is 5.15. The molecule has 2 heterocycles. The van der Waals surface area contributed by atoms with Crippen LogP contribution in [0.1, 0.15) is 31.4 Å². The lowest BCUT2D eigenvalue weighted by Gasteiger charge is -2.25. The number of hydrogen-bond acceptors (Lipinski definition) is 4. The van der Waals surface area contributed by atoms with Gasteiger partial charge < -0.3 is 5.32 Å². The summed E-state index contributed by atoms with van der Waals surface area (Å²) in [7, 11) is 0. The molecule has 1 N–H and O–H groups in total. The van der Waals surface area contributed by atoms with Crippen molar-refractivity contribution in [3.63, 3.8) is 0 Å². The van der Waals surface area contributed by atoms with E-state index in [-0.39, 0.29) is 0 Å². The summed E-state index contributed by atoms with van der Waals surface area (Å²) in [6.45, 7) is 3.31. The highest BCUT2D eigenvalue weighted by atomic mass is 15.2. The highest BCUT2D eigenvalue weighted by Crippen LogP contribution is 2.28. The molecule has 1 saturated carbocycles. The quantitative estimate of drug-likeness (QED) is 0.828. The van der Waals surface area contributed by atoms with Crippen molar-refractivity contribution in [3.8, 4) is 0 Å². The van der Waals surface area contributed by atoms with Crippen LogP contribution in [0.5, 0.6) is 0 Å². The largest absolute Gasteiger partial charge is 0.313 e. The molecule has 2 aliphatic rings. The van der Waals surface area contributed by atoms with Gasteiger partial charge in [-0.1, -0.05) is 0 Å². The lowest BCUT2D eigenvalue weighted by molar-refractivity contribution is 0.228. The van der Waals surface area contributed by atoms with Crippen LogP contribution in [0, 0.1) is 0 Å². The molecule has 1 atom stereocenters. The van der Waals surface area contributed by atoms with Crippen LogP contribution in [0.15, 0.2) is 18.6 Å². The molecule has 0 aromatic carbocycles. The Hall–Kier alpha value is -1.00. The van der Waals surface area contributed by atoms with E-state index in [0.717, 1.165) is 18.3 Å². The Balaban J connectivity index is 1.60. The summed E-state index contributed by atoms with van der Waals surface area (Å²) in [5, 5.41) is 3.58. The summed E-state index contributed by atoms with van der Waals surface area (Å²) in [5.74, 6) is 0. The molecule has 1 saturated heterocycles. The van der Waals surface area contributed by atoms with Crippen LogP contribution in [0.4, 0.5) is 0 Å². The Kier molecular flexibility index (Phi) is 3.34. The van der Waals surface area contributed by atoms with Crippen molar-refractivity contribution < 1.29 is 0 Å². The zero-order valence-corrected chi connectivity index (χ0v) is 10.2. The van der Waals surface area contributed by atoms with Gasteiger partial charge in [0.25, 0.3) is 0 Å². The topological polar surface area (TPSA) is 41.1 Å². The van der Waals surface area contributed by atoms with E-state index in [1.165, 1.54) is 38.8 Å². The molecule has 0 bridgehead atoms. The molecule has 1 aromatic rings. The van der Waals surface area contributed by atoms with Gasteiger partial charge in [0.1, 0.15) is 0 Å². The first kappa shape index (κ1) is 11.1. The Morgan fingerprint density at radius 1 is 1.29 bits per heavy atom. The zero-order valence-electron chi connectivity index (χ0n) is 10.2. The molecule has 1 aromatic heterocycles. The molecule has 1 unspecified atom stereocenters. The molecule has 1 aliphatic heterocycles. The molecular formula is C13H20N4. The maximum Gasteiger partial charge on any atom is 0.0726 e. The molecule has 4 heteroatoms. The molecule has 4 nitrogen and oxygen atoms in total. The SMILES string of the molecule is c1cnc(CN(CC2CCCN2)C2CC2)cn1. The molecule has 2 fully saturated rings. The van der Waals surface area contributed by atoms with E-state index in [9.17, 15) is 0 Å². The second kappa shape index (κ2) is 5.10. The van der Waals surface area contributed by atoms with E-state index in [1.54, 1.807) is 12.4 Å². The van der Waals surface area contributed by atoms with Crippen molar-refractivity contribution in [2.75, 3.05) is 13.1 Å². The van der Waals surface area contributed by atoms with Gasteiger partial charge in [0.05, 0.1) is 5.69 Å². The fourth-order valence-corrected chi connectivity index (χ4v) is 2.60. The van der Waals surface area contributed by atoms with Crippen molar-refractivity contribution in [2.24, 2.45) is 0 Å². The van der Waals surface area contributed by atoms with Gasteiger partial charge in [0.15, 0.2) is 0 Å². The summed E-state index contributed by atoms with van der Waals surface area (Å²) in [5.41, 5.74) is 1.09. The van der Waals surface area contributed by atoms with Crippen molar-refractivity contribution >= 4 is 0 Å². The summed E-state index contributed by atoms with van der Waals surface area (Å²) in [6, 6.07) is 1.48. The minimum absolute atomic E-state index is 0.687. The average Bonchev–Trinajstić information content (AvgIpc) is 3.09. The molecule has 3 rings (SSSR count). The molecule has 0 spiro atoms. The van der Waals surface area contributed by atoms with Crippen molar-refractivity contribution in [3.05, 3.63) is 24.3 Å². The van der Waals surface area contributed by atoms with Crippen molar-refractivity contribution in [1.82, 2.24) is 20.2 Å². The second-order valence-corrected chi connectivity index (χ2v) is 5.15. The summed E-state index contributed by atoms with van der Waals surface area (Å²) in [4.78, 5) is 11.1. The average molecular weight is 232 g/mol. The standard InChI is InChI=1S/C13H20N4/c1-2-11(15-5-1)9-17(13-3-4-13)10-12-8-14-6-7-16-12/h6-8,11,13,15H,1-5,9-10H2. The first-order valence-electron chi connectivity index (χ1n) is 6.64. The lowest BCUT2D eigenvalue weighted by Crippen LogP contribution is -2.38. The van der Waals surface area contributed by atoms with Crippen LogP contribution < -0.4 is 5.32 Å². The van der Waals surface area contributed by atoms with Gasteiger partial charge in [0.2, 0.25) is 0 Å². The number of aromatic nitrogens is 2. The first-order chi connectivity index (χ1) is 8.42. The van der Waals surface area contributed by atoms with Crippen LogP contribution >= 0.6 is 0 Å². The van der Waals surface area contributed by atoms with Crippen LogP contribution in [0.25, 0.3) is 0 Å². The molecule has 92 valence electrons. The lowest BCUT2D eigenvalue weighted by atomic mass is 10.2. The number of rotatable bonds is 5. The van der Waals surface area contributed by atoms with Gasteiger partial charge in [0, 0.05) is 43.8 Å². The number of nitrogens with zero attached hydrogens (tertiary/aromatic N) is 3. The van der Waals surface area contributed by atoms with Gasteiger partial charge in [-0.05, 0) is 32.2 Å². The molecule has 17 heavy (non-hydrogen) atoms. The Labute approximate surface area is 102 Å². The minimum atomic E-state index is 0.687. The van der Waals surface area contributed by atoms with Gasteiger partial charge in [-0.2, -0.15) is 0 Å². The summed E-state index contributed by atoms with van der Waals surface area (Å²) < 4.78 is 0. The zero-order chi connectivity index (χ0) is 11.5. The maximum atomic E-state index is 4.38.